The van der Waals surface area contributed by atoms with Crippen LogP contribution in [0, 0.1) is 0 Å². The number of hydrogen-bond acceptors (Lipinski definition) is 4. The maximum atomic E-state index is 12.2. The van der Waals surface area contributed by atoms with Gasteiger partial charge in [0.15, 0.2) is 5.69 Å². The molecule has 82 valence electrons. The standard InChI is InChI=1S/C8H7F3N2O2/c1-15-7(14)5-2-4(12)3-6(13-5)8(9,10)11/h2-3H,1H3,(H2,12,13). The number of aromatic nitrogens is 1. The van der Waals surface area contributed by atoms with Crippen molar-refractivity contribution in [2.24, 2.45) is 0 Å². The largest absolute Gasteiger partial charge is 0.464 e. The number of halogens is 3. The van der Waals surface area contributed by atoms with Crippen LogP contribution in [0.2, 0.25) is 0 Å². The number of anilines is 1. The van der Waals surface area contributed by atoms with Crippen molar-refractivity contribution < 1.29 is 22.7 Å². The summed E-state index contributed by atoms with van der Waals surface area (Å²) < 4.78 is 41.0. The van der Waals surface area contributed by atoms with E-state index in [0.29, 0.717) is 6.07 Å². The topological polar surface area (TPSA) is 65.2 Å². The van der Waals surface area contributed by atoms with Gasteiger partial charge in [0.2, 0.25) is 0 Å². The molecule has 4 nitrogen and oxygen atoms in total. The van der Waals surface area contributed by atoms with Gasteiger partial charge in [0, 0.05) is 5.69 Å². The number of nitrogens with zero attached hydrogens (tertiary/aromatic N) is 1. The Bertz CT molecular complexity index is 390. The van der Waals surface area contributed by atoms with Gasteiger partial charge in [-0.15, -0.1) is 0 Å². The molecule has 0 saturated carbocycles. The minimum atomic E-state index is -4.64. The summed E-state index contributed by atoms with van der Waals surface area (Å²) in [5.74, 6) is -0.965. The number of nitrogens with two attached hydrogens (primary N) is 1. The molecular weight excluding hydrogens is 213 g/mol. The number of pyridine rings is 1. The number of methoxy groups -OCH3 is 1. The Labute approximate surface area is 82.9 Å². The van der Waals surface area contributed by atoms with Gasteiger partial charge in [0.1, 0.15) is 5.69 Å². The summed E-state index contributed by atoms with van der Waals surface area (Å²) >= 11 is 0. The first-order valence-corrected chi connectivity index (χ1v) is 3.77. The van der Waals surface area contributed by atoms with Crippen molar-refractivity contribution in [3.63, 3.8) is 0 Å². The summed E-state index contributed by atoms with van der Waals surface area (Å²) in [6.45, 7) is 0. The van der Waals surface area contributed by atoms with E-state index in [2.05, 4.69) is 9.72 Å². The molecule has 1 aromatic rings. The lowest BCUT2D eigenvalue weighted by molar-refractivity contribution is -0.141. The van der Waals surface area contributed by atoms with Gasteiger partial charge in [-0.25, -0.2) is 9.78 Å². The Balaban J connectivity index is 3.23. The monoisotopic (exact) mass is 220 g/mol. The molecule has 0 unspecified atom stereocenters. The molecular formula is C8H7F3N2O2. The van der Waals surface area contributed by atoms with Crippen LogP contribution in [0.15, 0.2) is 12.1 Å². The zero-order chi connectivity index (χ0) is 11.6. The molecule has 0 aliphatic carbocycles. The average molecular weight is 220 g/mol. The van der Waals surface area contributed by atoms with Gasteiger partial charge in [0.25, 0.3) is 0 Å². The number of carbonyl (C=O) groups excluding carboxylic acids is 1. The molecule has 0 spiro atoms. The number of carbonyl (C=O) groups is 1. The lowest BCUT2D eigenvalue weighted by Crippen LogP contribution is -2.13. The molecule has 0 bridgehead atoms. The molecule has 2 N–H and O–H groups in total. The SMILES string of the molecule is COC(=O)c1cc(N)cc(C(F)(F)F)n1. The van der Waals surface area contributed by atoms with E-state index in [0.717, 1.165) is 13.2 Å². The summed E-state index contributed by atoms with van der Waals surface area (Å²) in [6.07, 6.45) is -4.64. The normalized spacial score (nSPS) is 11.2. The van der Waals surface area contributed by atoms with E-state index in [9.17, 15) is 18.0 Å². The highest BCUT2D eigenvalue weighted by Crippen LogP contribution is 2.29. The quantitative estimate of drug-likeness (QED) is 0.728. The van der Waals surface area contributed by atoms with Crippen molar-refractivity contribution in [2.45, 2.75) is 6.18 Å². The van der Waals surface area contributed by atoms with Crippen molar-refractivity contribution in [1.82, 2.24) is 4.98 Å². The van der Waals surface area contributed by atoms with E-state index >= 15 is 0 Å². The molecule has 0 aliphatic rings. The van der Waals surface area contributed by atoms with E-state index in [1.54, 1.807) is 0 Å². The lowest BCUT2D eigenvalue weighted by Gasteiger charge is -2.08. The summed E-state index contributed by atoms with van der Waals surface area (Å²) in [5, 5.41) is 0. The maximum Gasteiger partial charge on any atom is 0.433 e. The predicted octanol–water partition coefficient (Wildman–Crippen LogP) is 1.47. The molecule has 0 radical (unpaired) electrons. The van der Waals surface area contributed by atoms with Gasteiger partial charge in [-0.2, -0.15) is 13.2 Å². The first-order chi connectivity index (χ1) is 6.84. The van der Waals surface area contributed by atoms with Crippen molar-refractivity contribution in [3.8, 4) is 0 Å². The Morgan fingerprint density at radius 1 is 1.47 bits per heavy atom. The fraction of sp³-hybridized carbons (Fsp3) is 0.250. The molecule has 0 atom stereocenters. The zero-order valence-electron chi connectivity index (χ0n) is 7.63. The average Bonchev–Trinajstić information content (AvgIpc) is 2.14. The smallest absolute Gasteiger partial charge is 0.433 e. The van der Waals surface area contributed by atoms with Gasteiger partial charge >= 0.3 is 12.1 Å². The minimum absolute atomic E-state index is 0.197. The summed E-state index contributed by atoms with van der Waals surface area (Å²) in [4.78, 5) is 14.0. The molecule has 15 heavy (non-hydrogen) atoms. The first kappa shape index (κ1) is 11.3. The van der Waals surface area contributed by atoms with Gasteiger partial charge in [-0.1, -0.05) is 0 Å². The third-order valence-electron chi connectivity index (χ3n) is 1.53. The number of esters is 1. The van der Waals surface area contributed by atoms with Crippen LogP contribution in [0.4, 0.5) is 18.9 Å². The molecule has 0 aliphatic heterocycles. The Morgan fingerprint density at radius 3 is 2.53 bits per heavy atom. The maximum absolute atomic E-state index is 12.2. The molecule has 1 rings (SSSR count). The summed E-state index contributed by atoms with van der Waals surface area (Å²) in [7, 11) is 1.04. The van der Waals surface area contributed by atoms with Gasteiger partial charge in [-0.3, -0.25) is 0 Å². The van der Waals surface area contributed by atoms with Crippen molar-refractivity contribution in [2.75, 3.05) is 12.8 Å². The van der Waals surface area contributed by atoms with Gasteiger partial charge < -0.3 is 10.5 Å². The molecule has 1 heterocycles. The van der Waals surface area contributed by atoms with Crippen LogP contribution in [0.1, 0.15) is 16.2 Å². The molecule has 1 aromatic heterocycles. The Morgan fingerprint density at radius 2 is 2.07 bits per heavy atom. The number of nitrogen functional groups attached to an aromatic ring is 1. The fourth-order valence-corrected chi connectivity index (χ4v) is 0.906. The van der Waals surface area contributed by atoms with Gasteiger partial charge in [0.05, 0.1) is 7.11 Å². The van der Waals surface area contributed by atoms with E-state index in [4.69, 9.17) is 5.73 Å². The highest BCUT2D eigenvalue weighted by atomic mass is 19.4. The van der Waals surface area contributed by atoms with E-state index < -0.39 is 23.5 Å². The molecule has 7 heteroatoms. The number of hydrogen-bond donors (Lipinski definition) is 1. The van der Waals surface area contributed by atoms with Crippen LogP contribution in [-0.4, -0.2) is 18.1 Å². The lowest BCUT2D eigenvalue weighted by atomic mass is 10.2. The van der Waals surface area contributed by atoms with E-state index in [1.165, 1.54) is 0 Å². The summed E-state index contributed by atoms with van der Waals surface area (Å²) in [5.41, 5.74) is 3.32. The second kappa shape index (κ2) is 3.76. The third kappa shape index (κ3) is 2.58. The van der Waals surface area contributed by atoms with Crippen LogP contribution in [0.3, 0.4) is 0 Å². The van der Waals surface area contributed by atoms with E-state index in [1.807, 2.05) is 0 Å². The Hall–Kier alpha value is -1.79. The third-order valence-corrected chi connectivity index (χ3v) is 1.53. The van der Waals surface area contributed by atoms with Crippen molar-refractivity contribution in [3.05, 3.63) is 23.5 Å². The predicted molar refractivity (Wildman–Crippen MR) is 45.0 cm³/mol. The minimum Gasteiger partial charge on any atom is -0.464 e. The Kier molecular flexibility index (Phi) is 2.83. The van der Waals surface area contributed by atoms with E-state index in [-0.39, 0.29) is 5.69 Å². The van der Waals surface area contributed by atoms with Crippen LogP contribution in [-0.2, 0) is 10.9 Å². The van der Waals surface area contributed by atoms with Crippen LogP contribution in [0.25, 0.3) is 0 Å². The van der Waals surface area contributed by atoms with Crippen LogP contribution >= 0.6 is 0 Å². The molecule has 0 fully saturated rings. The number of rotatable bonds is 1. The van der Waals surface area contributed by atoms with Crippen molar-refractivity contribution >= 4 is 11.7 Å². The van der Waals surface area contributed by atoms with Crippen molar-refractivity contribution in [1.29, 1.82) is 0 Å². The highest BCUT2D eigenvalue weighted by molar-refractivity contribution is 5.88. The highest BCUT2D eigenvalue weighted by Gasteiger charge is 2.33. The summed E-state index contributed by atoms with van der Waals surface area (Å²) in [6, 6.07) is 1.66. The molecule has 0 aromatic carbocycles. The fourth-order valence-electron chi connectivity index (χ4n) is 0.906. The van der Waals surface area contributed by atoms with Crippen LogP contribution in [0.5, 0.6) is 0 Å². The van der Waals surface area contributed by atoms with Gasteiger partial charge in [-0.05, 0) is 12.1 Å². The second-order valence-corrected chi connectivity index (χ2v) is 2.66. The first-order valence-electron chi connectivity index (χ1n) is 3.77. The molecule has 0 amide bonds. The number of ether oxygens (including phenoxy) is 1. The second-order valence-electron chi connectivity index (χ2n) is 2.66. The number of alkyl halides is 3. The zero-order valence-corrected chi connectivity index (χ0v) is 7.63. The van der Waals surface area contributed by atoms with Crippen LogP contribution < -0.4 is 5.73 Å². The molecule has 0 saturated heterocycles.